The number of hydrogen-bond acceptors (Lipinski definition) is 3. The molecule has 5 heteroatoms. The second-order valence-corrected chi connectivity index (χ2v) is 7.32. The number of halogens is 1. The van der Waals surface area contributed by atoms with Crippen molar-refractivity contribution in [3.8, 4) is 0 Å². The maximum Gasteiger partial charge on any atom is 0.263 e. The number of fused-ring (bicyclic) bond motifs is 1. The van der Waals surface area contributed by atoms with Crippen LogP contribution in [0.2, 0.25) is 5.02 Å². The van der Waals surface area contributed by atoms with Gasteiger partial charge < -0.3 is 11.1 Å². The number of carbonyl (C=O) groups is 1. The number of nitrogen functional groups attached to an aromatic ring is 1. The Morgan fingerprint density at radius 1 is 1.33 bits per heavy atom. The lowest BCUT2D eigenvalue weighted by molar-refractivity contribution is 0.0942. The average Bonchev–Trinajstić information content (AvgIpc) is 2.74. The molecule has 0 aliphatic heterocycles. The molecule has 0 saturated heterocycles. The quantitative estimate of drug-likeness (QED) is 0.838. The Balaban J connectivity index is 2.14. The van der Waals surface area contributed by atoms with Gasteiger partial charge in [-0.3, -0.25) is 4.79 Å². The number of hydrogen-bond donors (Lipinski definition) is 2. The monoisotopic (exact) mass is 324 g/mol. The Labute approximate surface area is 134 Å². The minimum Gasteiger partial charge on any atom is -0.397 e. The summed E-state index contributed by atoms with van der Waals surface area (Å²) in [5.41, 5.74) is 6.62. The van der Waals surface area contributed by atoms with Crippen molar-refractivity contribution < 1.29 is 4.79 Å². The number of anilines is 1. The van der Waals surface area contributed by atoms with E-state index >= 15 is 0 Å². The molecule has 0 spiro atoms. The van der Waals surface area contributed by atoms with Crippen molar-refractivity contribution in [2.24, 2.45) is 5.92 Å². The number of benzene rings is 1. The summed E-state index contributed by atoms with van der Waals surface area (Å²) >= 11 is 7.39. The van der Waals surface area contributed by atoms with Gasteiger partial charge >= 0.3 is 0 Å². The Bertz CT molecular complexity index is 651. The van der Waals surface area contributed by atoms with E-state index in [0.29, 0.717) is 21.5 Å². The zero-order valence-electron chi connectivity index (χ0n) is 12.6. The summed E-state index contributed by atoms with van der Waals surface area (Å²) in [4.78, 5) is 12.9. The predicted octanol–water partition coefficient (Wildman–Crippen LogP) is 4.69. The molecule has 21 heavy (non-hydrogen) atoms. The van der Waals surface area contributed by atoms with E-state index in [1.165, 1.54) is 11.3 Å². The first kappa shape index (κ1) is 16.1. The van der Waals surface area contributed by atoms with Gasteiger partial charge in [-0.1, -0.05) is 25.4 Å². The van der Waals surface area contributed by atoms with Crippen molar-refractivity contribution in [1.29, 1.82) is 0 Å². The lowest BCUT2D eigenvalue weighted by atomic mass is 10.0. The molecule has 0 saturated carbocycles. The highest BCUT2D eigenvalue weighted by molar-refractivity contribution is 7.21. The fourth-order valence-corrected chi connectivity index (χ4v) is 3.38. The minimum atomic E-state index is -0.0962. The van der Waals surface area contributed by atoms with Crippen LogP contribution in [0.1, 0.15) is 43.3 Å². The smallest absolute Gasteiger partial charge is 0.263 e. The van der Waals surface area contributed by atoms with E-state index in [-0.39, 0.29) is 11.9 Å². The highest BCUT2D eigenvalue weighted by Crippen LogP contribution is 2.35. The zero-order chi connectivity index (χ0) is 15.6. The van der Waals surface area contributed by atoms with E-state index < -0.39 is 0 Å². The molecule has 114 valence electrons. The van der Waals surface area contributed by atoms with Gasteiger partial charge in [-0.15, -0.1) is 11.3 Å². The summed E-state index contributed by atoms with van der Waals surface area (Å²) in [7, 11) is 0. The SMILES string of the molecule is CC(C)CCC(C)NC(=O)c1sc2ccc(Cl)cc2c1N. The van der Waals surface area contributed by atoms with Crippen LogP contribution in [0.15, 0.2) is 18.2 Å². The molecule has 1 heterocycles. The first-order valence-electron chi connectivity index (χ1n) is 7.17. The van der Waals surface area contributed by atoms with Crippen LogP contribution in [0.4, 0.5) is 5.69 Å². The van der Waals surface area contributed by atoms with Crippen molar-refractivity contribution >= 4 is 44.6 Å². The second kappa shape index (κ2) is 6.67. The Hall–Kier alpha value is -1.26. The molecular formula is C16H21ClN2OS. The van der Waals surface area contributed by atoms with E-state index in [1.807, 2.05) is 25.1 Å². The maximum absolute atomic E-state index is 12.4. The fraction of sp³-hybridized carbons (Fsp3) is 0.438. The fourth-order valence-electron chi connectivity index (χ4n) is 2.20. The van der Waals surface area contributed by atoms with Crippen LogP contribution in [0.3, 0.4) is 0 Å². The third kappa shape index (κ3) is 3.89. The van der Waals surface area contributed by atoms with E-state index in [2.05, 4.69) is 19.2 Å². The first-order chi connectivity index (χ1) is 9.88. The highest BCUT2D eigenvalue weighted by Gasteiger charge is 2.18. The van der Waals surface area contributed by atoms with Gasteiger partial charge in [0.05, 0.1) is 5.69 Å². The first-order valence-corrected chi connectivity index (χ1v) is 8.36. The van der Waals surface area contributed by atoms with E-state index in [4.69, 9.17) is 17.3 Å². The standard InChI is InChI=1S/C16H21ClN2OS/c1-9(2)4-5-10(3)19-16(20)15-14(18)12-8-11(17)6-7-13(12)21-15/h6-10H,4-5,18H2,1-3H3,(H,19,20). The molecular weight excluding hydrogens is 304 g/mol. The molecule has 0 aliphatic carbocycles. The van der Waals surface area contributed by atoms with Crippen LogP contribution in [-0.2, 0) is 0 Å². The molecule has 1 unspecified atom stereocenters. The highest BCUT2D eigenvalue weighted by atomic mass is 35.5. The third-order valence-electron chi connectivity index (χ3n) is 3.45. The van der Waals surface area contributed by atoms with Crippen LogP contribution < -0.4 is 11.1 Å². The molecule has 0 bridgehead atoms. The van der Waals surface area contributed by atoms with Gasteiger partial charge in [-0.25, -0.2) is 0 Å². The van der Waals surface area contributed by atoms with Crippen LogP contribution in [0.5, 0.6) is 0 Å². The molecule has 0 aliphatic rings. The lowest BCUT2D eigenvalue weighted by Gasteiger charge is -2.14. The maximum atomic E-state index is 12.4. The summed E-state index contributed by atoms with van der Waals surface area (Å²) in [6.45, 7) is 6.39. The van der Waals surface area contributed by atoms with Gasteiger partial charge in [0.2, 0.25) is 0 Å². The van der Waals surface area contributed by atoms with E-state index in [9.17, 15) is 4.79 Å². The van der Waals surface area contributed by atoms with Gasteiger partial charge in [0.15, 0.2) is 0 Å². The molecule has 1 atom stereocenters. The normalized spacial score (nSPS) is 12.8. The largest absolute Gasteiger partial charge is 0.397 e. The van der Waals surface area contributed by atoms with Gasteiger partial charge in [-0.2, -0.15) is 0 Å². The van der Waals surface area contributed by atoms with Gasteiger partial charge in [0.25, 0.3) is 5.91 Å². The van der Waals surface area contributed by atoms with Gasteiger partial charge in [0.1, 0.15) is 4.88 Å². The number of rotatable bonds is 5. The summed E-state index contributed by atoms with van der Waals surface area (Å²) in [6, 6.07) is 5.67. The molecule has 3 N–H and O–H groups in total. The Morgan fingerprint density at radius 2 is 2.05 bits per heavy atom. The molecule has 2 aromatic rings. The topological polar surface area (TPSA) is 55.1 Å². The van der Waals surface area contributed by atoms with E-state index in [1.54, 1.807) is 0 Å². The number of nitrogens with two attached hydrogens (primary N) is 1. The van der Waals surface area contributed by atoms with Crippen molar-refractivity contribution in [2.45, 2.75) is 39.7 Å². The van der Waals surface area contributed by atoms with Crippen molar-refractivity contribution in [3.63, 3.8) is 0 Å². The van der Waals surface area contributed by atoms with Gasteiger partial charge in [0, 0.05) is 21.2 Å². The molecule has 1 aromatic carbocycles. The van der Waals surface area contributed by atoms with Crippen LogP contribution in [0, 0.1) is 5.92 Å². The molecule has 0 radical (unpaired) electrons. The van der Waals surface area contributed by atoms with Gasteiger partial charge in [-0.05, 0) is 43.9 Å². The summed E-state index contributed by atoms with van der Waals surface area (Å²) in [5, 5.41) is 4.51. The Morgan fingerprint density at radius 3 is 2.71 bits per heavy atom. The molecule has 3 nitrogen and oxygen atoms in total. The van der Waals surface area contributed by atoms with E-state index in [0.717, 1.165) is 22.9 Å². The number of thiophene rings is 1. The zero-order valence-corrected chi connectivity index (χ0v) is 14.1. The summed E-state index contributed by atoms with van der Waals surface area (Å²) < 4.78 is 0.983. The Kier molecular flexibility index (Phi) is 5.12. The molecule has 1 aromatic heterocycles. The minimum absolute atomic E-state index is 0.0962. The third-order valence-corrected chi connectivity index (χ3v) is 4.87. The summed E-state index contributed by atoms with van der Waals surface area (Å²) in [5.74, 6) is 0.543. The number of carbonyl (C=O) groups excluding carboxylic acids is 1. The van der Waals surface area contributed by atoms with Crippen molar-refractivity contribution in [1.82, 2.24) is 5.32 Å². The molecule has 0 fully saturated rings. The summed E-state index contributed by atoms with van der Waals surface area (Å²) in [6.07, 6.45) is 2.07. The van der Waals surface area contributed by atoms with Crippen molar-refractivity contribution in [3.05, 3.63) is 28.1 Å². The molecule has 2 rings (SSSR count). The average molecular weight is 325 g/mol. The predicted molar refractivity (Wildman–Crippen MR) is 92.2 cm³/mol. The van der Waals surface area contributed by atoms with Crippen LogP contribution in [-0.4, -0.2) is 11.9 Å². The van der Waals surface area contributed by atoms with Crippen molar-refractivity contribution in [2.75, 3.05) is 5.73 Å². The lowest BCUT2D eigenvalue weighted by Crippen LogP contribution is -2.32. The molecule has 1 amide bonds. The number of amides is 1. The van der Waals surface area contributed by atoms with Crippen LogP contribution in [0.25, 0.3) is 10.1 Å². The number of nitrogens with one attached hydrogen (secondary N) is 1. The van der Waals surface area contributed by atoms with Crippen LogP contribution >= 0.6 is 22.9 Å². The second-order valence-electron chi connectivity index (χ2n) is 5.83.